The molecular formula is C12H21N3OS. The van der Waals surface area contributed by atoms with Gasteiger partial charge in [-0.25, -0.2) is 0 Å². The lowest BCUT2D eigenvalue weighted by molar-refractivity contribution is -0.128. The maximum atomic E-state index is 11.6. The fourth-order valence-electron chi connectivity index (χ4n) is 1.92. The molecule has 5 heteroatoms. The van der Waals surface area contributed by atoms with E-state index in [1.165, 1.54) is 12.8 Å². The van der Waals surface area contributed by atoms with Crippen molar-refractivity contribution in [1.82, 2.24) is 10.6 Å². The van der Waals surface area contributed by atoms with Crippen LogP contribution in [0.4, 0.5) is 0 Å². The molecule has 1 aliphatic heterocycles. The maximum absolute atomic E-state index is 11.6. The Labute approximate surface area is 107 Å². The summed E-state index contributed by atoms with van der Waals surface area (Å²) in [4.78, 5) is 16.1. The van der Waals surface area contributed by atoms with Gasteiger partial charge in [0.2, 0.25) is 5.91 Å². The first-order valence-electron chi connectivity index (χ1n) is 6.20. The summed E-state index contributed by atoms with van der Waals surface area (Å²) >= 11 is 1.85. The minimum atomic E-state index is -0.393. The van der Waals surface area contributed by atoms with Crippen LogP contribution in [0.5, 0.6) is 0 Å². The number of carbonyl (C=O) groups is 1. The zero-order valence-corrected chi connectivity index (χ0v) is 11.6. The van der Waals surface area contributed by atoms with Crippen LogP contribution < -0.4 is 10.6 Å². The van der Waals surface area contributed by atoms with Crippen LogP contribution in [0.1, 0.15) is 26.7 Å². The Kier molecular flexibility index (Phi) is 3.66. The molecule has 0 aromatic rings. The summed E-state index contributed by atoms with van der Waals surface area (Å²) in [5.41, 5.74) is -0.393. The van der Waals surface area contributed by atoms with Crippen molar-refractivity contribution in [2.75, 3.05) is 20.1 Å². The van der Waals surface area contributed by atoms with Crippen molar-refractivity contribution >= 4 is 22.8 Å². The molecule has 2 aliphatic rings. The Morgan fingerprint density at radius 3 is 2.82 bits per heavy atom. The van der Waals surface area contributed by atoms with E-state index in [0.29, 0.717) is 11.8 Å². The van der Waals surface area contributed by atoms with Gasteiger partial charge in [-0.15, -0.1) is 0 Å². The van der Waals surface area contributed by atoms with Gasteiger partial charge in [0.15, 0.2) is 5.17 Å². The molecular weight excluding hydrogens is 234 g/mol. The number of rotatable bonds is 4. The van der Waals surface area contributed by atoms with Crippen molar-refractivity contribution in [1.29, 1.82) is 0 Å². The molecule has 1 aliphatic carbocycles. The van der Waals surface area contributed by atoms with Crippen molar-refractivity contribution in [3.8, 4) is 0 Å². The topological polar surface area (TPSA) is 53.5 Å². The third kappa shape index (κ3) is 3.15. The van der Waals surface area contributed by atoms with Gasteiger partial charge in [-0.1, -0.05) is 11.8 Å². The van der Waals surface area contributed by atoms with Gasteiger partial charge in [-0.05, 0) is 32.6 Å². The highest BCUT2D eigenvalue weighted by atomic mass is 32.2. The van der Waals surface area contributed by atoms with Crippen LogP contribution in [0.2, 0.25) is 0 Å². The highest BCUT2D eigenvalue weighted by molar-refractivity contribution is 8.14. The molecule has 0 radical (unpaired) electrons. The van der Waals surface area contributed by atoms with Crippen molar-refractivity contribution in [3.05, 3.63) is 0 Å². The van der Waals surface area contributed by atoms with E-state index in [1.807, 2.05) is 25.6 Å². The fraction of sp³-hybridized carbons (Fsp3) is 0.833. The number of nitrogens with zero attached hydrogens (tertiary/aromatic N) is 1. The van der Waals surface area contributed by atoms with Crippen LogP contribution in [0, 0.1) is 11.3 Å². The molecule has 4 nitrogen and oxygen atoms in total. The zero-order chi connectivity index (χ0) is 12.5. The standard InChI is InChI=1S/C12H21N3OS/c1-12(2,10(16)13-3)7-15-11-14-6-9(17-11)8-4-5-8/h8-9H,4-7H2,1-3H3,(H,13,16)(H,14,15). The third-order valence-corrected chi connectivity index (χ3v) is 4.68. The van der Waals surface area contributed by atoms with Gasteiger partial charge >= 0.3 is 0 Å². The smallest absolute Gasteiger partial charge is 0.227 e. The Hall–Kier alpha value is -0.710. The van der Waals surface area contributed by atoms with Crippen LogP contribution in [0.15, 0.2) is 4.99 Å². The summed E-state index contributed by atoms with van der Waals surface area (Å²) in [5.74, 6) is 0.947. The van der Waals surface area contributed by atoms with E-state index in [9.17, 15) is 4.79 Å². The monoisotopic (exact) mass is 255 g/mol. The molecule has 0 saturated heterocycles. The third-order valence-electron chi connectivity index (χ3n) is 3.35. The largest absolute Gasteiger partial charge is 0.364 e. The van der Waals surface area contributed by atoms with Crippen molar-refractivity contribution in [2.24, 2.45) is 16.3 Å². The summed E-state index contributed by atoms with van der Waals surface area (Å²) < 4.78 is 0. The van der Waals surface area contributed by atoms with Crippen molar-refractivity contribution in [3.63, 3.8) is 0 Å². The van der Waals surface area contributed by atoms with Gasteiger partial charge in [-0.2, -0.15) is 0 Å². The van der Waals surface area contributed by atoms with Gasteiger partial charge in [0.1, 0.15) is 0 Å². The van der Waals surface area contributed by atoms with E-state index < -0.39 is 5.41 Å². The highest BCUT2D eigenvalue weighted by Crippen LogP contribution is 2.41. The SMILES string of the molecule is CNC(=O)C(C)(C)CNC1=NCC(C2CC2)S1. The van der Waals surface area contributed by atoms with Crippen LogP contribution in [-0.4, -0.2) is 36.5 Å². The van der Waals surface area contributed by atoms with E-state index in [1.54, 1.807) is 7.05 Å². The summed E-state index contributed by atoms with van der Waals surface area (Å²) in [6.07, 6.45) is 2.73. The predicted octanol–water partition coefficient (Wildman–Crippen LogP) is 1.23. The number of nitrogens with one attached hydrogen (secondary N) is 2. The molecule has 0 spiro atoms. The predicted molar refractivity (Wildman–Crippen MR) is 72.3 cm³/mol. The average Bonchev–Trinajstić information content (AvgIpc) is 3.05. The summed E-state index contributed by atoms with van der Waals surface area (Å²) in [7, 11) is 1.68. The number of hydrogen-bond donors (Lipinski definition) is 2. The quantitative estimate of drug-likeness (QED) is 0.794. The van der Waals surface area contributed by atoms with E-state index in [2.05, 4.69) is 15.6 Å². The molecule has 1 fully saturated rings. The van der Waals surface area contributed by atoms with Crippen molar-refractivity contribution in [2.45, 2.75) is 31.9 Å². The van der Waals surface area contributed by atoms with Gasteiger partial charge < -0.3 is 10.6 Å². The number of amidine groups is 1. The van der Waals surface area contributed by atoms with Gasteiger partial charge in [-0.3, -0.25) is 9.79 Å². The highest BCUT2D eigenvalue weighted by Gasteiger charge is 2.36. The molecule has 1 saturated carbocycles. The Morgan fingerprint density at radius 2 is 2.24 bits per heavy atom. The molecule has 1 atom stereocenters. The first-order valence-corrected chi connectivity index (χ1v) is 7.08. The minimum Gasteiger partial charge on any atom is -0.364 e. The Morgan fingerprint density at radius 1 is 1.53 bits per heavy atom. The van der Waals surface area contributed by atoms with E-state index in [4.69, 9.17) is 0 Å². The summed E-state index contributed by atoms with van der Waals surface area (Å²) in [5, 5.41) is 7.69. The van der Waals surface area contributed by atoms with E-state index in [0.717, 1.165) is 17.6 Å². The summed E-state index contributed by atoms with van der Waals surface area (Å²) in [6.45, 7) is 5.46. The summed E-state index contributed by atoms with van der Waals surface area (Å²) in [6, 6.07) is 0. The molecule has 0 aromatic heterocycles. The lowest BCUT2D eigenvalue weighted by atomic mass is 9.92. The van der Waals surface area contributed by atoms with Crippen LogP contribution >= 0.6 is 11.8 Å². The number of aliphatic imine (C=N–C) groups is 1. The molecule has 1 heterocycles. The lowest BCUT2D eigenvalue weighted by Gasteiger charge is -2.23. The molecule has 1 unspecified atom stereocenters. The molecule has 0 aromatic carbocycles. The molecule has 0 bridgehead atoms. The average molecular weight is 255 g/mol. The number of carbonyl (C=O) groups excluding carboxylic acids is 1. The molecule has 96 valence electrons. The molecule has 1 amide bonds. The van der Waals surface area contributed by atoms with E-state index >= 15 is 0 Å². The second-order valence-electron chi connectivity index (χ2n) is 5.46. The normalized spacial score (nSPS) is 24.4. The first-order chi connectivity index (χ1) is 8.03. The van der Waals surface area contributed by atoms with Gasteiger partial charge in [0.05, 0.1) is 12.0 Å². The van der Waals surface area contributed by atoms with Crippen molar-refractivity contribution < 1.29 is 4.79 Å². The Bertz CT molecular complexity index is 337. The van der Waals surface area contributed by atoms with Gasteiger partial charge in [0, 0.05) is 18.8 Å². The second kappa shape index (κ2) is 4.88. The van der Waals surface area contributed by atoms with Crippen LogP contribution in [0.3, 0.4) is 0 Å². The second-order valence-corrected chi connectivity index (χ2v) is 6.68. The van der Waals surface area contributed by atoms with Crippen LogP contribution in [0.25, 0.3) is 0 Å². The number of amides is 1. The van der Waals surface area contributed by atoms with Gasteiger partial charge in [0.25, 0.3) is 0 Å². The molecule has 17 heavy (non-hydrogen) atoms. The number of thioether (sulfide) groups is 1. The Balaban J connectivity index is 1.76. The zero-order valence-electron chi connectivity index (χ0n) is 10.7. The maximum Gasteiger partial charge on any atom is 0.227 e. The lowest BCUT2D eigenvalue weighted by Crippen LogP contribution is -2.43. The molecule has 2 rings (SSSR count). The fourth-order valence-corrected chi connectivity index (χ4v) is 3.12. The van der Waals surface area contributed by atoms with Crippen LogP contribution in [-0.2, 0) is 4.79 Å². The minimum absolute atomic E-state index is 0.0624. The number of hydrogen-bond acceptors (Lipinski definition) is 4. The van der Waals surface area contributed by atoms with E-state index in [-0.39, 0.29) is 5.91 Å². The molecule has 2 N–H and O–H groups in total. The first kappa shape index (κ1) is 12.7.